The van der Waals surface area contributed by atoms with E-state index in [9.17, 15) is 4.79 Å². The fourth-order valence-electron chi connectivity index (χ4n) is 2.49. The Hall–Kier alpha value is -1.77. The number of allylic oxidation sites excluding steroid dienone is 1. The molecule has 0 saturated heterocycles. The molecule has 0 aromatic heterocycles. The van der Waals surface area contributed by atoms with Gasteiger partial charge in [0, 0.05) is 6.54 Å². The molecule has 0 saturated carbocycles. The van der Waals surface area contributed by atoms with Crippen LogP contribution in [-0.4, -0.2) is 18.6 Å². The van der Waals surface area contributed by atoms with Crippen molar-refractivity contribution in [3.8, 4) is 5.75 Å². The molecule has 21 heavy (non-hydrogen) atoms. The van der Waals surface area contributed by atoms with E-state index in [0.29, 0.717) is 6.54 Å². The highest BCUT2D eigenvalue weighted by molar-refractivity contribution is 5.81. The van der Waals surface area contributed by atoms with Crippen molar-refractivity contribution in [3.63, 3.8) is 0 Å². The van der Waals surface area contributed by atoms with Gasteiger partial charge in [-0.3, -0.25) is 4.79 Å². The molecule has 0 unspecified atom stereocenters. The number of aryl methyl sites for hydroxylation is 2. The van der Waals surface area contributed by atoms with Gasteiger partial charge in [-0.15, -0.1) is 0 Å². The number of nitrogens with one attached hydrogen (secondary N) is 1. The van der Waals surface area contributed by atoms with E-state index in [1.165, 1.54) is 18.4 Å². The summed E-state index contributed by atoms with van der Waals surface area (Å²) in [5.41, 5.74) is 3.53. The second kappa shape index (κ2) is 7.30. The zero-order valence-electron chi connectivity index (χ0n) is 13.2. The molecule has 1 aliphatic carbocycles. The Labute approximate surface area is 127 Å². The van der Waals surface area contributed by atoms with E-state index in [-0.39, 0.29) is 5.91 Å². The maximum Gasteiger partial charge on any atom is 0.261 e. The molecule has 1 N–H and O–H groups in total. The topological polar surface area (TPSA) is 38.3 Å². The number of hydrogen-bond donors (Lipinski definition) is 1. The molecule has 3 heteroatoms. The van der Waals surface area contributed by atoms with Gasteiger partial charge < -0.3 is 10.1 Å². The van der Waals surface area contributed by atoms with Crippen molar-refractivity contribution in [2.75, 3.05) is 6.54 Å². The molecule has 1 aromatic carbocycles. The number of benzene rings is 1. The summed E-state index contributed by atoms with van der Waals surface area (Å²) < 4.78 is 5.80. The third kappa shape index (κ3) is 4.62. The van der Waals surface area contributed by atoms with E-state index in [1.807, 2.05) is 32.0 Å². The average Bonchev–Trinajstić information content (AvgIpc) is 2.49. The highest BCUT2D eigenvalue weighted by Crippen LogP contribution is 2.20. The molecule has 1 aromatic rings. The lowest BCUT2D eigenvalue weighted by Crippen LogP contribution is -2.37. The summed E-state index contributed by atoms with van der Waals surface area (Å²) in [5, 5.41) is 2.97. The summed E-state index contributed by atoms with van der Waals surface area (Å²) in [6, 6.07) is 6.04. The monoisotopic (exact) mass is 287 g/mol. The van der Waals surface area contributed by atoms with Crippen LogP contribution in [0.2, 0.25) is 0 Å². The standard InChI is InChI=1S/C18H25NO2/c1-13-9-10-14(2)17(11-13)21-15(3)18(20)19-12-16-7-5-4-6-8-16/h7,9-11,15H,4-6,8,12H2,1-3H3,(H,19,20)/t15-/m0/s1. The molecule has 114 valence electrons. The molecule has 0 heterocycles. The molecule has 2 rings (SSSR count). The largest absolute Gasteiger partial charge is 0.481 e. The van der Waals surface area contributed by atoms with Gasteiger partial charge in [0.2, 0.25) is 0 Å². The Bertz CT molecular complexity index is 534. The van der Waals surface area contributed by atoms with Crippen molar-refractivity contribution >= 4 is 5.91 Å². The van der Waals surface area contributed by atoms with Crippen LogP contribution >= 0.6 is 0 Å². The Morgan fingerprint density at radius 3 is 2.86 bits per heavy atom. The molecule has 1 atom stereocenters. The molecule has 1 amide bonds. The maximum absolute atomic E-state index is 12.1. The molecular weight excluding hydrogens is 262 g/mol. The Morgan fingerprint density at radius 2 is 2.14 bits per heavy atom. The van der Waals surface area contributed by atoms with Crippen LogP contribution in [0.3, 0.4) is 0 Å². The van der Waals surface area contributed by atoms with Gasteiger partial charge in [-0.2, -0.15) is 0 Å². The lowest BCUT2D eigenvalue weighted by Gasteiger charge is -2.18. The molecular formula is C18H25NO2. The minimum absolute atomic E-state index is 0.0534. The predicted molar refractivity (Wildman–Crippen MR) is 85.6 cm³/mol. The zero-order valence-corrected chi connectivity index (χ0v) is 13.2. The number of carbonyl (C=O) groups excluding carboxylic acids is 1. The first-order chi connectivity index (χ1) is 10.1. The van der Waals surface area contributed by atoms with Crippen molar-refractivity contribution in [2.45, 2.75) is 52.6 Å². The summed E-state index contributed by atoms with van der Waals surface area (Å²) in [4.78, 5) is 12.1. The Kier molecular flexibility index (Phi) is 5.43. The Morgan fingerprint density at radius 1 is 1.33 bits per heavy atom. The third-order valence-electron chi connectivity index (χ3n) is 3.89. The van der Waals surface area contributed by atoms with Gasteiger partial charge in [0.05, 0.1) is 0 Å². The number of rotatable bonds is 5. The number of amides is 1. The van der Waals surface area contributed by atoms with Crippen molar-refractivity contribution in [1.82, 2.24) is 5.32 Å². The predicted octanol–water partition coefficient (Wildman–Crippen LogP) is 3.69. The molecule has 0 bridgehead atoms. The first kappa shape index (κ1) is 15.6. The second-order valence-electron chi connectivity index (χ2n) is 5.85. The third-order valence-corrected chi connectivity index (χ3v) is 3.89. The summed E-state index contributed by atoms with van der Waals surface area (Å²) in [7, 11) is 0. The fourth-order valence-corrected chi connectivity index (χ4v) is 2.49. The van der Waals surface area contributed by atoms with Crippen LogP contribution in [-0.2, 0) is 4.79 Å². The van der Waals surface area contributed by atoms with Crippen LogP contribution in [0.15, 0.2) is 29.8 Å². The quantitative estimate of drug-likeness (QED) is 0.839. The first-order valence-corrected chi connectivity index (χ1v) is 7.76. The normalized spacial score (nSPS) is 16.0. The van der Waals surface area contributed by atoms with Crippen molar-refractivity contribution in [3.05, 3.63) is 41.0 Å². The summed E-state index contributed by atoms with van der Waals surface area (Å²) in [5.74, 6) is 0.733. The van der Waals surface area contributed by atoms with E-state index in [0.717, 1.165) is 29.7 Å². The van der Waals surface area contributed by atoms with E-state index >= 15 is 0 Å². The van der Waals surface area contributed by atoms with Crippen molar-refractivity contribution in [2.24, 2.45) is 0 Å². The first-order valence-electron chi connectivity index (χ1n) is 7.76. The summed E-state index contributed by atoms with van der Waals surface area (Å²) in [6.45, 7) is 6.46. The summed E-state index contributed by atoms with van der Waals surface area (Å²) in [6.07, 6.45) is 6.52. The van der Waals surface area contributed by atoms with Crippen molar-refractivity contribution in [1.29, 1.82) is 0 Å². The highest BCUT2D eigenvalue weighted by Gasteiger charge is 2.16. The van der Waals surface area contributed by atoms with Crippen LogP contribution < -0.4 is 10.1 Å². The number of carbonyl (C=O) groups is 1. The number of ether oxygens (including phenoxy) is 1. The zero-order chi connectivity index (χ0) is 15.2. The van der Waals surface area contributed by atoms with Crippen LogP contribution in [0, 0.1) is 13.8 Å². The van der Waals surface area contributed by atoms with Crippen molar-refractivity contribution < 1.29 is 9.53 Å². The molecule has 0 spiro atoms. The van der Waals surface area contributed by atoms with E-state index in [1.54, 1.807) is 6.92 Å². The molecule has 3 nitrogen and oxygen atoms in total. The van der Waals surface area contributed by atoms with Gasteiger partial charge in [0.25, 0.3) is 5.91 Å². The van der Waals surface area contributed by atoms with Crippen LogP contribution in [0.4, 0.5) is 0 Å². The lowest BCUT2D eigenvalue weighted by atomic mass is 10.00. The smallest absolute Gasteiger partial charge is 0.261 e. The molecule has 0 radical (unpaired) electrons. The average molecular weight is 287 g/mol. The Balaban J connectivity index is 1.87. The molecule has 1 aliphatic rings. The van der Waals surface area contributed by atoms with Crippen LogP contribution in [0.25, 0.3) is 0 Å². The van der Waals surface area contributed by atoms with E-state index < -0.39 is 6.10 Å². The molecule has 0 fully saturated rings. The van der Waals surface area contributed by atoms with Gasteiger partial charge in [-0.25, -0.2) is 0 Å². The van der Waals surface area contributed by atoms with Gasteiger partial charge in [0.15, 0.2) is 6.10 Å². The van der Waals surface area contributed by atoms with Crippen LogP contribution in [0.5, 0.6) is 5.75 Å². The van der Waals surface area contributed by atoms with Crippen LogP contribution in [0.1, 0.15) is 43.7 Å². The fraction of sp³-hybridized carbons (Fsp3) is 0.500. The second-order valence-corrected chi connectivity index (χ2v) is 5.85. The highest BCUT2D eigenvalue weighted by atomic mass is 16.5. The van der Waals surface area contributed by atoms with Gasteiger partial charge in [-0.1, -0.05) is 23.8 Å². The van der Waals surface area contributed by atoms with Gasteiger partial charge in [0.1, 0.15) is 5.75 Å². The maximum atomic E-state index is 12.1. The summed E-state index contributed by atoms with van der Waals surface area (Å²) >= 11 is 0. The van der Waals surface area contributed by atoms with Gasteiger partial charge in [-0.05, 0) is 63.6 Å². The van der Waals surface area contributed by atoms with E-state index in [2.05, 4.69) is 11.4 Å². The lowest BCUT2D eigenvalue weighted by molar-refractivity contribution is -0.127. The van der Waals surface area contributed by atoms with Gasteiger partial charge >= 0.3 is 0 Å². The SMILES string of the molecule is Cc1ccc(C)c(O[C@@H](C)C(=O)NCC2=CCCCC2)c1. The number of hydrogen-bond acceptors (Lipinski definition) is 2. The van der Waals surface area contributed by atoms with E-state index in [4.69, 9.17) is 4.74 Å². The minimum Gasteiger partial charge on any atom is -0.481 e. The molecule has 0 aliphatic heterocycles. The minimum atomic E-state index is -0.477.